The van der Waals surface area contributed by atoms with Crippen LogP contribution in [0.4, 0.5) is 0 Å². The van der Waals surface area contributed by atoms with Crippen molar-refractivity contribution in [1.29, 1.82) is 0 Å². The van der Waals surface area contributed by atoms with E-state index in [4.69, 9.17) is 4.74 Å². The predicted octanol–water partition coefficient (Wildman–Crippen LogP) is 1.43. The number of rotatable bonds is 6. The summed E-state index contributed by atoms with van der Waals surface area (Å²) >= 11 is 0. The van der Waals surface area contributed by atoms with Gasteiger partial charge in [-0.05, 0) is 19.0 Å². The molecule has 0 aliphatic carbocycles. The van der Waals surface area contributed by atoms with E-state index in [1.807, 2.05) is 23.0 Å². The van der Waals surface area contributed by atoms with Crippen LogP contribution in [0.5, 0.6) is 5.75 Å². The topological polar surface area (TPSA) is 52.0 Å². The molecule has 0 bridgehead atoms. The van der Waals surface area contributed by atoms with E-state index in [9.17, 15) is 0 Å². The average molecular weight is 258 g/mol. The second-order valence-corrected chi connectivity index (χ2v) is 4.77. The van der Waals surface area contributed by atoms with Gasteiger partial charge in [0.05, 0.1) is 12.8 Å². The molecule has 2 aromatic rings. The van der Waals surface area contributed by atoms with Gasteiger partial charge in [0.1, 0.15) is 5.75 Å². The van der Waals surface area contributed by atoms with Crippen molar-refractivity contribution in [3.05, 3.63) is 42.2 Å². The molecule has 0 saturated heterocycles. The maximum absolute atomic E-state index is 5.66. The molecule has 0 radical (unpaired) electrons. The van der Waals surface area contributed by atoms with Crippen molar-refractivity contribution < 1.29 is 4.74 Å². The summed E-state index contributed by atoms with van der Waals surface area (Å²) in [4.78, 5) is 0. The molecule has 1 unspecified atom stereocenters. The Morgan fingerprint density at radius 3 is 3.21 bits per heavy atom. The monoisotopic (exact) mass is 258 g/mol. The summed E-state index contributed by atoms with van der Waals surface area (Å²) in [7, 11) is 0. The minimum Gasteiger partial charge on any atom is -0.493 e. The molecule has 5 nitrogen and oxygen atoms in total. The van der Waals surface area contributed by atoms with Gasteiger partial charge < -0.3 is 10.1 Å². The summed E-state index contributed by atoms with van der Waals surface area (Å²) < 4.78 is 7.52. The van der Waals surface area contributed by atoms with Gasteiger partial charge in [-0.2, -0.15) is 0 Å². The maximum atomic E-state index is 5.66. The van der Waals surface area contributed by atoms with Crippen LogP contribution in [0.3, 0.4) is 0 Å². The molecule has 1 N–H and O–H groups in total. The highest BCUT2D eigenvalue weighted by Crippen LogP contribution is 2.32. The summed E-state index contributed by atoms with van der Waals surface area (Å²) in [5.41, 5.74) is 1.33. The third-order valence-electron chi connectivity index (χ3n) is 3.40. The highest BCUT2D eigenvalue weighted by atomic mass is 16.5. The van der Waals surface area contributed by atoms with Crippen molar-refractivity contribution in [1.82, 2.24) is 20.3 Å². The Kier molecular flexibility index (Phi) is 3.74. The molecule has 0 amide bonds. The van der Waals surface area contributed by atoms with Crippen LogP contribution in [0.25, 0.3) is 0 Å². The van der Waals surface area contributed by atoms with Gasteiger partial charge in [0.2, 0.25) is 0 Å². The Balaban J connectivity index is 1.39. The molecule has 2 heterocycles. The standard InChI is InChI=1S/C14H18N4O/c1-2-5-14-13(4-1)12(11-19-14)10-15-6-3-8-18-9-7-16-17-18/h1-2,4-5,7,9,12,15H,3,6,8,10-11H2. The molecule has 1 aliphatic heterocycles. The maximum Gasteiger partial charge on any atom is 0.122 e. The Morgan fingerprint density at radius 2 is 2.32 bits per heavy atom. The SMILES string of the molecule is c1ccc2c(c1)OCC2CNCCCn1ccnn1. The molecule has 19 heavy (non-hydrogen) atoms. The number of nitrogens with zero attached hydrogens (tertiary/aromatic N) is 3. The quantitative estimate of drug-likeness (QED) is 0.796. The van der Waals surface area contributed by atoms with Gasteiger partial charge in [0.25, 0.3) is 0 Å². The third kappa shape index (κ3) is 2.93. The molecule has 1 aliphatic rings. The van der Waals surface area contributed by atoms with E-state index in [-0.39, 0.29) is 0 Å². The number of fused-ring (bicyclic) bond motifs is 1. The lowest BCUT2D eigenvalue weighted by Crippen LogP contribution is -2.24. The van der Waals surface area contributed by atoms with Crippen LogP contribution in [0, 0.1) is 0 Å². The van der Waals surface area contributed by atoms with Gasteiger partial charge in [-0.3, -0.25) is 4.68 Å². The van der Waals surface area contributed by atoms with Crippen LogP contribution in [0.2, 0.25) is 0 Å². The number of benzene rings is 1. The fourth-order valence-electron chi connectivity index (χ4n) is 2.39. The van der Waals surface area contributed by atoms with Gasteiger partial charge in [0.15, 0.2) is 0 Å². The summed E-state index contributed by atoms with van der Waals surface area (Å²) in [5, 5.41) is 11.2. The number of hydrogen-bond donors (Lipinski definition) is 1. The lowest BCUT2D eigenvalue weighted by molar-refractivity contribution is 0.326. The molecular weight excluding hydrogens is 240 g/mol. The first kappa shape index (κ1) is 12.2. The smallest absolute Gasteiger partial charge is 0.122 e. The number of aromatic nitrogens is 3. The number of hydrogen-bond acceptors (Lipinski definition) is 4. The van der Waals surface area contributed by atoms with E-state index in [1.54, 1.807) is 6.20 Å². The van der Waals surface area contributed by atoms with Crippen LogP contribution in [0.1, 0.15) is 17.9 Å². The first-order chi connectivity index (χ1) is 9.43. The van der Waals surface area contributed by atoms with E-state index >= 15 is 0 Å². The second kappa shape index (κ2) is 5.84. The fourth-order valence-corrected chi connectivity index (χ4v) is 2.39. The van der Waals surface area contributed by atoms with Crippen molar-refractivity contribution in [3.63, 3.8) is 0 Å². The van der Waals surface area contributed by atoms with E-state index in [0.717, 1.165) is 38.4 Å². The Labute approximate surface area is 112 Å². The third-order valence-corrected chi connectivity index (χ3v) is 3.40. The zero-order valence-electron chi connectivity index (χ0n) is 10.8. The highest BCUT2D eigenvalue weighted by Gasteiger charge is 2.22. The highest BCUT2D eigenvalue weighted by molar-refractivity contribution is 5.39. The number of nitrogens with one attached hydrogen (secondary N) is 1. The zero-order chi connectivity index (χ0) is 12.9. The molecule has 0 spiro atoms. The van der Waals surface area contributed by atoms with Crippen molar-refractivity contribution in [2.24, 2.45) is 0 Å². The van der Waals surface area contributed by atoms with Gasteiger partial charge >= 0.3 is 0 Å². The van der Waals surface area contributed by atoms with Gasteiger partial charge in [-0.25, -0.2) is 0 Å². The second-order valence-electron chi connectivity index (χ2n) is 4.77. The van der Waals surface area contributed by atoms with E-state index in [2.05, 4.69) is 27.8 Å². The molecule has 3 rings (SSSR count). The van der Waals surface area contributed by atoms with Crippen LogP contribution < -0.4 is 10.1 Å². The summed E-state index contributed by atoms with van der Waals surface area (Å²) in [6.07, 6.45) is 4.65. The molecular formula is C14H18N4O. The lowest BCUT2D eigenvalue weighted by Gasteiger charge is -2.10. The predicted molar refractivity (Wildman–Crippen MR) is 72.2 cm³/mol. The van der Waals surface area contributed by atoms with Crippen LogP contribution >= 0.6 is 0 Å². The van der Waals surface area contributed by atoms with Crippen LogP contribution in [-0.4, -0.2) is 34.7 Å². The molecule has 1 atom stereocenters. The van der Waals surface area contributed by atoms with Crippen molar-refractivity contribution in [2.75, 3.05) is 19.7 Å². The average Bonchev–Trinajstić information content (AvgIpc) is 3.08. The number of ether oxygens (including phenoxy) is 1. The summed E-state index contributed by atoms with van der Waals surface area (Å²) in [6.45, 7) is 3.65. The minimum absolute atomic E-state index is 0.475. The molecule has 1 aromatic carbocycles. The fraction of sp³-hybridized carbons (Fsp3) is 0.429. The first-order valence-electron chi connectivity index (χ1n) is 6.70. The van der Waals surface area contributed by atoms with E-state index < -0.39 is 0 Å². The van der Waals surface area contributed by atoms with Crippen LogP contribution in [-0.2, 0) is 6.54 Å². The summed E-state index contributed by atoms with van der Waals surface area (Å²) in [6, 6.07) is 8.29. The largest absolute Gasteiger partial charge is 0.493 e. The first-order valence-corrected chi connectivity index (χ1v) is 6.70. The Bertz CT molecular complexity index is 512. The van der Waals surface area contributed by atoms with Crippen molar-refractivity contribution >= 4 is 0 Å². The van der Waals surface area contributed by atoms with Gasteiger partial charge in [-0.1, -0.05) is 23.4 Å². The van der Waals surface area contributed by atoms with Gasteiger partial charge in [0, 0.05) is 30.8 Å². The summed E-state index contributed by atoms with van der Waals surface area (Å²) in [5.74, 6) is 1.51. The zero-order valence-corrected chi connectivity index (χ0v) is 10.8. The van der Waals surface area contributed by atoms with Crippen molar-refractivity contribution in [2.45, 2.75) is 18.9 Å². The molecule has 0 fully saturated rings. The number of para-hydroxylation sites is 1. The normalized spacial score (nSPS) is 17.2. The van der Waals surface area contributed by atoms with E-state index in [0.29, 0.717) is 5.92 Å². The van der Waals surface area contributed by atoms with Crippen molar-refractivity contribution in [3.8, 4) is 5.75 Å². The molecule has 100 valence electrons. The Hall–Kier alpha value is -1.88. The molecule has 5 heteroatoms. The van der Waals surface area contributed by atoms with E-state index in [1.165, 1.54) is 5.56 Å². The minimum atomic E-state index is 0.475. The lowest BCUT2D eigenvalue weighted by atomic mass is 10.0. The molecule has 1 aromatic heterocycles. The number of aryl methyl sites for hydroxylation is 1. The van der Waals surface area contributed by atoms with Crippen LogP contribution in [0.15, 0.2) is 36.7 Å². The Morgan fingerprint density at radius 1 is 1.37 bits per heavy atom. The van der Waals surface area contributed by atoms with Gasteiger partial charge in [-0.15, -0.1) is 5.10 Å². The molecule has 0 saturated carbocycles.